The van der Waals surface area contributed by atoms with Crippen LogP contribution in [-0.2, 0) is 12.8 Å². The molecule has 0 bridgehead atoms. The predicted molar refractivity (Wildman–Crippen MR) is 91.8 cm³/mol. The van der Waals surface area contributed by atoms with Crippen molar-refractivity contribution in [3.8, 4) is 0 Å². The van der Waals surface area contributed by atoms with Gasteiger partial charge in [0, 0.05) is 21.5 Å². The van der Waals surface area contributed by atoms with Gasteiger partial charge in [-0.3, -0.25) is 0 Å². The van der Waals surface area contributed by atoms with Crippen LogP contribution in [0.2, 0.25) is 0 Å². The SMILES string of the molecule is ON=c1c2ccc3c4c5c(ccc6c5c5c(ccc1c5c24)C6)C3. The van der Waals surface area contributed by atoms with E-state index in [4.69, 9.17) is 0 Å². The van der Waals surface area contributed by atoms with Crippen LogP contribution >= 0.6 is 0 Å². The van der Waals surface area contributed by atoms with Gasteiger partial charge in [-0.25, -0.2) is 0 Å². The monoisotopic (exact) mass is 293 g/mol. The van der Waals surface area contributed by atoms with Gasteiger partial charge in [-0.05, 0) is 56.6 Å². The van der Waals surface area contributed by atoms with E-state index in [-0.39, 0.29) is 0 Å². The fourth-order valence-electron chi connectivity index (χ4n) is 5.29. The third-order valence-corrected chi connectivity index (χ3v) is 6.08. The van der Waals surface area contributed by atoms with Gasteiger partial charge in [0.15, 0.2) is 0 Å². The molecule has 0 amide bonds. The van der Waals surface area contributed by atoms with Crippen molar-refractivity contribution < 1.29 is 5.21 Å². The highest BCUT2D eigenvalue weighted by molar-refractivity contribution is 6.38. The molecule has 5 aromatic carbocycles. The number of hydrogen-bond donors (Lipinski definition) is 1. The molecule has 0 aliphatic heterocycles. The highest BCUT2D eigenvalue weighted by atomic mass is 16.4. The standard InChI is InChI=1S/C21H11NO/c23-22-21-13-5-3-11-7-9-1-2-10-8-12-4-6-14(21)20-18(12)16(10)15(9)17(11)19(13)20/h1-6,23H,7-8H2. The van der Waals surface area contributed by atoms with Crippen LogP contribution in [-0.4, -0.2) is 5.21 Å². The molecule has 0 fully saturated rings. The summed E-state index contributed by atoms with van der Waals surface area (Å²) in [6.45, 7) is 0. The van der Waals surface area contributed by atoms with Gasteiger partial charge in [-0.1, -0.05) is 41.6 Å². The quantitative estimate of drug-likeness (QED) is 0.253. The minimum Gasteiger partial charge on any atom is -0.410 e. The Hall–Kier alpha value is -2.87. The maximum atomic E-state index is 9.63. The molecule has 0 spiro atoms. The van der Waals surface area contributed by atoms with Crippen LogP contribution < -0.4 is 5.36 Å². The lowest BCUT2D eigenvalue weighted by Crippen LogP contribution is -1.97. The Balaban J connectivity index is 2.08. The summed E-state index contributed by atoms with van der Waals surface area (Å²) < 4.78 is 0. The molecule has 23 heavy (non-hydrogen) atoms. The van der Waals surface area contributed by atoms with Crippen molar-refractivity contribution in [1.29, 1.82) is 0 Å². The van der Waals surface area contributed by atoms with Crippen molar-refractivity contribution in [2.24, 2.45) is 5.16 Å². The molecule has 2 heteroatoms. The summed E-state index contributed by atoms with van der Waals surface area (Å²) in [5.74, 6) is 0. The van der Waals surface area contributed by atoms with Crippen molar-refractivity contribution in [3.05, 3.63) is 64.0 Å². The van der Waals surface area contributed by atoms with Crippen LogP contribution in [0.1, 0.15) is 22.3 Å². The van der Waals surface area contributed by atoms with Gasteiger partial charge >= 0.3 is 0 Å². The van der Waals surface area contributed by atoms with Gasteiger partial charge in [0.2, 0.25) is 0 Å². The van der Waals surface area contributed by atoms with E-state index < -0.39 is 0 Å². The topological polar surface area (TPSA) is 32.6 Å². The molecule has 7 rings (SSSR count). The lowest BCUT2D eigenvalue weighted by molar-refractivity contribution is 0.304. The van der Waals surface area contributed by atoms with Crippen molar-refractivity contribution >= 4 is 43.1 Å². The van der Waals surface area contributed by atoms with Gasteiger partial charge < -0.3 is 5.21 Å². The fourth-order valence-corrected chi connectivity index (χ4v) is 5.29. The summed E-state index contributed by atoms with van der Waals surface area (Å²) in [6, 6.07) is 13.4. The van der Waals surface area contributed by atoms with Crippen LogP contribution in [0.3, 0.4) is 0 Å². The molecular weight excluding hydrogens is 282 g/mol. The van der Waals surface area contributed by atoms with Crippen molar-refractivity contribution in [2.75, 3.05) is 0 Å². The van der Waals surface area contributed by atoms with Gasteiger partial charge in [0.05, 0.1) is 0 Å². The third kappa shape index (κ3) is 0.920. The molecule has 2 aliphatic rings. The average molecular weight is 293 g/mol. The first kappa shape index (κ1) is 10.8. The smallest absolute Gasteiger partial charge is 0.118 e. The molecule has 0 unspecified atom stereocenters. The number of hydrogen-bond acceptors (Lipinski definition) is 2. The molecule has 0 aromatic heterocycles. The normalized spacial score (nSPS) is 14.8. The molecule has 0 saturated heterocycles. The minimum atomic E-state index is 0.732. The van der Waals surface area contributed by atoms with E-state index in [1.165, 1.54) is 54.6 Å². The van der Waals surface area contributed by atoms with Crippen LogP contribution in [0.5, 0.6) is 0 Å². The second-order valence-corrected chi connectivity index (χ2v) is 6.98. The highest BCUT2D eigenvalue weighted by Crippen LogP contribution is 2.51. The summed E-state index contributed by atoms with van der Waals surface area (Å²) in [5.41, 5.74) is 5.73. The Morgan fingerprint density at radius 2 is 0.957 bits per heavy atom. The molecule has 106 valence electrons. The first-order chi connectivity index (χ1) is 11.4. The second-order valence-electron chi connectivity index (χ2n) is 6.98. The largest absolute Gasteiger partial charge is 0.410 e. The van der Waals surface area contributed by atoms with Gasteiger partial charge in [0.1, 0.15) is 5.36 Å². The van der Waals surface area contributed by atoms with Gasteiger partial charge in [0.25, 0.3) is 0 Å². The molecule has 0 saturated carbocycles. The van der Waals surface area contributed by atoms with E-state index in [1.54, 1.807) is 0 Å². The molecule has 2 aliphatic carbocycles. The van der Waals surface area contributed by atoms with Crippen molar-refractivity contribution in [1.82, 2.24) is 0 Å². The zero-order chi connectivity index (χ0) is 14.9. The van der Waals surface area contributed by atoms with E-state index in [2.05, 4.69) is 41.6 Å². The van der Waals surface area contributed by atoms with Crippen LogP contribution in [0, 0.1) is 0 Å². The maximum Gasteiger partial charge on any atom is 0.118 e. The summed E-state index contributed by atoms with van der Waals surface area (Å²) in [6.07, 6.45) is 2.05. The Kier molecular flexibility index (Phi) is 1.45. The van der Waals surface area contributed by atoms with E-state index in [9.17, 15) is 5.21 Å². The van der Waals surface area contributed by atoms with Gasteiger partial charge in [-0.15, -0.1) is 0 Å². The summed E-state index contributed by atoms with van der Waals surface area (Å²) in [5, 5.41) is 24.5. The number of nitrogens with zero attached hydrogens (tertiary/aromatic N) is 1. The highest BCUT2D eigenvalue weighted by Gasteiger charge is 2.29. The van der Waals surface area contributed by atoms with Crippen molar-refractivity contribution in [3.63, 3.8) is 0 Å². The third-order valence-electron chi connectivity index (χ3n) is 6.08. The maximum absolute atomic E-state index is 9.63. The molecule has 2 nitrogen and oxygen atoms in total. The first-order valence-electron chi connectivity index (χ1n) is 8.07. The Labute approximate surface area is 130 Å². The van der Waals surface area contributed by atoms with Crippen molar-refractivity contribution in [2.45, 2.75) is 12.8 Å². The number of benzene rings is 4. The van der Waals surface area contributed by atoms with E-state index in [1.807, 2.05) is 0 Å². The Morgan fingerprint density at radius 1 is 0.565 bits per heavy atom. The zero-order valence-corrected chi connectivity index (χ0v) is 12.3. The van der Waals surface area contributed by atoms with Crippen LogP contribution in [0.25, 0.3) is 43.1 Å². The molecule has 0 heterocycles. The predicted octanol–water partition coefficient (Wildman–Crippen LogP) is 4.27. The first-order valence-corrected chi connectivity index (χ1v) is 8.07. The average Bonchev–Trinajstić information content (AvgIpc) is 3.21. The lowest BCUT2D eigenvalue weighted by Gasteiger charge is -2.08. The summed E-state index contributed by atoms with van der Waals surface area (Å²) >= 11 is 0. The Bertz CT molecular complexity index is 1310. The molecule has 0 radical (unpaired) electrons. The van der Waals surface area contributed by atoms with Crippen LogP contribution in [0.15, 0.2) is 41.6 Å². The van der Waals surface area contributed by atoms with E-state index in [0.29, 0.717) is 0 Å². The molecule has 5 aromatic rings. The molecule has 0 atom stereocenters. The van der Waals surface area contributed by atoms with Gasteiger partial charge in [-0.2, -0.15) is 0 Å². The summed E-state index contributed by atoms with van der Waals surface area (Å²) in [7, 11) is 0. The molecule has 1 N–H and O–H groups in total. The zero-order valence-electron chi connectivity index (χ0n) is 12.3. The molecular formula is C21H11NO. The van der Waals surface area contributed by atoms with E-state index >= 15 is 0 Å². The van der Waals surface area contributed by atoms with Crippen LogP contribution in [0.4, 0.5) is 0 Å². The minimum absolute atomic E-state index is 0.732. The fraction of sp³-hybridized carbons (Fsp3) is 0.0952. The number of rotatable bonds is 0. The van der Waals surface area contributed by atoms with E-state index in [0.717, 1.165) is 29.0 Å². The summed E-state index contributed by atoms with van der Waals surface area (Å²) in [4.78, 5) is 0. The lowest BCUT2D eigenvalue weighted by atomic mass is 9.95. The second kappa shape index (κ2) is 3.09. The Morgan fingerprint density at radius 3 is 1.39 bits per heavy atom.